The van der Waals surface area contributed by atoms with E-state index in [1.165, 1.54) is 16.5 Å². The number of allylic oxidation sites excluding steroid dienone is 2. The van der Waals surface area contributed by atoms with Gasteiger partial charge in [-0.1, -0.05) is 42.5 Å². The van der Waals surface area contributed by atoms with E-state index in [1.54, 1.807) is 26.4 Å². The normalized spacial score (nSPS) is 14.9. The summed E-state index contributed by atoms with van der Waals surface area (Å²) in [5.41, 5.74) is 3.58. The topological polar surface area (TPSA) is 85.1 Å². The van der Waals surface area contributed by atoms with Gasteiger partial charge in [-0.05, 0) is 61.2 Å². The van der Waals surface area contributed by atoms with E-state index in [0.29, 0.717) is 37.2 Å². The molecule has 1 aromatic heterocycles. The van der Waals surface area contributed by atoms with Crippen LogP contribution in [0, 0.1) is 0 Å². The number of nitrogens with zero attached hydrogens (tertiary/aromatic N) is 1. The van der Waals surface area contributed by atoms with Crippen molar-refractivity contribution in [2.75, 3.05) is 60.4 Å². The number of amides is 1. The maximum Gasteiger partial charge on any atom is 0.244 e. The fourth-order valence-electron chi connectivity index (χ4n) is 4.82. The van der Waals surface area contributed by atoms with Gasteiger partial charge in [0.1, 0.15) is 0 Å². The first-order valence-electron chi connectivity index (χ1n) is 13.5. The molecule has 1 aliphatic heterocycles. The molecule has 208 valence electrons. The van der Waals surface area contributed by atoms with E-state index in [-0.39, 0.29) is 12.7 Å². The second-order valence-corrected chi connectivity index (χ2v) is 9.49. The van der Waals surface area contributed by atoms with Crippen LogP contribution in [0.1, 0.15) is 29.9 Å². The Kier molecular flexibility index (Phi) is 11.0. The third-order valence-corrected chi connectivity index (χ3v) is 6.94. The van der Waals surface area contributed by atoms with Crippen molar-refractivity contribution in [3.63, 3.8) is 0 Å². The predicted octanol–water partition coefficient (Wildman–Crippen LogP) is 4.74. The van der Waals surface area contributed by atoms with Crippen LogP contribution in [0.3, 0.4) is 0 Å². The lowest BCUT2D eigenvalue weighted by Gasteiger charge is -2.31. The molecule has 2 aromatic carbocycles. The van der Waals surface area contributed by atoms with Gasteiger partial charge in [0.15, 0.2) is 18.3 Å². The van der Waals surface area contributed by atoms with Crippen LogP contribution in [0.4, 0.5) is 0 Å². The highest BCUT2D eigenvalue weighted by atomic mass is 16.7. The van der Waals surface area contributed by atoms with Gasteiger partial charge in [-0.2, -0.15) is 0 Å². The molecule has 39 heavy (non-hydrogen) atoms. The summed E-state index contributed by atoms with van der Waals surface area (Å²) in [5, 5.41) is 4.33. The van der Waals surface area contributed by atoms with E-state index in [2.05, 4.69) is 45.7 Å². The first-order chi connectivity index (χ1) is 19.2. The first kappa shape index (κ1) is 28.4. The van der Waals surface area contributed by atoms with Gasteiger partial charge in [0.25, 0.3) is 0 Å². The molecular formula is C31H39N3O5. The van der Waals surface area contributed by atoms with Crippen LogP contribution in [-0.2, 0) is 14.3 Å². The molecular weight excluding hydrogens is 494 g/mol. The average molecular weight is 534 g/mol. The van der Waals surface area contributed by atoms with Crippen molar-refractivity contribution < 1.29 is 23.7 Å². The number of piperidine rings is 1. The Balaban J connectivity index is 1.14. The minimum Gasteiger partial charge on any atom is -0.493 e. The Bertz CT molecular complexity index is 1240. The molecule has 0 radical (unpaired) electrons. The molecule has 1 aliphatic rings. The van der Waals surface area contributed by atoms with Gasteiger partial charge in [0, 0.05) is 43.4 Å². The van der Waals surface area contributed by atoms with Crippen molar-refractivity contribution in [2.24, 2.45) is 0 Å². The Morgan fingerprint density at radius 1 is 1.08 bits per heavy atom. The van der Waals surface area contributed by atoms with Crippen LogP contribution in [-0.4, -0.2) is 76.2 Å². The fraction of sp³-hybridized carbons (Fsp3) is 0.387. The maximum atomic E-state index is 12.2. The molecule has 8 nitrogen and oxygen atoms in total. The van der Waals surface area contributed by atoms with Gasteiger partial charge in [0.05, 0.1) is 20.3 Å². The Morgan fingerprint density at radius 3 is 2.74 bits per heavy atom. The van der Waals surface area contributed by atoms with Crippen LogP contribution >= 0.6 is 0 Å². The second-order valence-electron chi connectivity index (χ2n) is 9.49. The van der Waals surface area contributed by atoms with Gasteiger partial charge in [-0.15, -0.1) is 0 Å². The second kappa shape index (κ2) is 15.1. The van der Waals surface area contributed by atoms with Crippen LogP contribution in [0.15, 0.2) is 66.9 Å². The lowest BCUT2D eigenvalue weighted by molar-refractivity contribution is -0.116. The van der Waals surface area contributed by atoms with Crippen LogP contribution in [0.25, 0.3) is 17.0 Å². The number of aromatic nitrogens is 1. The molecule has 2 heterocycles. The van der Waals surface area contributed by atoms with Crippen molar-refractivity contribution in [1.29, 1.82) is 0 Å². The predicted molar refractivity (Wildman–Crippen MR) is 154 cm³/mol. The summed E-state index contributed by atoms with van der Waals surface area (Å²) >= 11 is 0. The first-order valence-corrected chi connectivity index (χ1v) is 13.5. The molecule has 2 N–H and O–H groups in total. The minimum absolute atomic E-state index is 0.0943. The summed E-state index contributed by atoms with van der Waals surface area (Å²) in [4.78, 5) is 18.1. The number of aromatic amines is 1. The standard InChI is InChI=1S/C31H39N3O5/c1-36-19-20-38-23-39-29-12-11-24(21-30(29)37-2)7-3-6-10-31(35)32-15-18-34-16-13-25(14-17-34)27-22-33-28-9-5-4-8-26(27)28/h3-12,21-22,25,33H,13-20,23H2,1-2H3,(H,32,35). The number of fused-ring (bicyclic) bond motifs is 1. The SMILES string of the molecule is COCCOCOc1ccc(C=CC=CC(=O)NCCN2CCC(c3c[nH]c4ccccc34)CC2)cc1OC. The van der Waals surface area contributed by atoms with Crippen molar-refractivity contribution in [2.45, 2.75) is 18.8 Å². The largest absolute Gasteiger partial charge is 0.493 e. The number of likely N-dealkylation sites (tertiary alicyclic amines) is 1. The number of rotatable bonds is 14. The number of nitrogens with one attached hydrogen (secondary N) is 2. The molecule has 0 saturated carbocycles. The quantitative estimate of drug-likeness (QED) is 0.135. The van der Waals surface area contributed by atoms with Crippen LogP contribution in [0.5, 0.6) is 11.5 Å². The Labute approximate surface area is 230 Å². The minimum atomic E-state index is -0.0943. The van der Waals surface area contributed by atoms with E-state index in [0.717, 1.165) is 38.0 Å². The Hall–Kier alpha value is -3.59. The number of H-pyrrole nitrogens is 1. The van der Waals surface area contributed by atoms with Crippen LogP contribution in [0.2, 0.25) is 0 Å². The number of hydrogen-bond acceptors (Lipinski definition) is 6. The van der Waals surface area contributed by atoms with Crippen LogP contribution < -0.4 is 14.8 Å². The number of carbonyl (C=O) groups excluding carboxylic acids is 1. The van der Waals surface area contributed by atoms with E-state index < -0.39 is 0 Å². The molecule has 4 rings (SSSR count). The molecule has 3 aromatic rings. The lowest BCUT2D eigenvalue weighted by Crippen LogP contribution is -2.38. The summed E-state index contributed by atoms with van der Waals surface area (Å²) in [6, 6.07) is 14.1. The van der Waals surface area contributed by atoms with Gasteiger partial charge in [0.2, 0.25) is 5.91 Å². The highest BCUT2D eigenvalue weighted by Crippen LogP contribution is 2.33. The molecule has 0 bridgehead atoms. The van der Waals surface area contributed by atoms with Gasteiger partial charge in [-0.3, -0.25) is 4.79 Å². The zero-order chi connectivity index (χ0) is 27.3. The molecule has 1 amide bonds. The number of ether oxygens (including phenoxy) is 4. The van der Waals surface area contributed by atoms with E-state index in [1.807, 2.05) is 30.4 Å². The van der Waals surface area contributed by atoms with E-state index in [4.69, 9.17) is 18.9 Å². The number of para-hydroxylation sites is 1. The number of carbonyl (C=O) groups is 1. The molecule has 8 heteroatoms. The van der Waals surface area contributed by atoms with Gasteiger partial charge in [-0.25, -0.2) is 0 Å². The molecule has 1 fully saturated rings. The van der Waals surface area contributed by atoms with Crippen molar-refractivity contribution in [1.82, 2.24) is 15.2 Å². The van der Waals surface area contributed by atoms with Gasteiger partial charge >= 0.3 is 0 Å². The van der Waals surface area contributed by atoms with Crippen molar-refractivity contribution in [3.8, 4) is 11.5 Å². The van der Waals surface area contributed by atoms with Crippen molar-refractivity contribution in [3.05, 3.63) is 78.0 Å². The number of hydrogen-bond donors (Lipinski definition) is 2. The summed E-state index contributed by atoms with van der Waals surface area (Å²) in [6.45, 7) is 4.70. The number of methoxy groups -OCH3 is 2. The zero-order valence-electron chi connectivity index (χ0n) is 22.9. The highest BCUT2D eigenvalue weighted by Gasteiger charge is 2.22. The molecule has 0 unspecified atom stereocenters. The summed E-state index contributed by atoms with van der Waals surface area (Å²) < 4.78 is 21.3. The fourth-order valence-corrected chi connectivity index (χ4v) is 4.82. The smallest absolute Gasteiger partial charge is 0.244 e. The van der Waals surface area contributed by atoms with E-state index >= 15 is 0 Å². The monoisotopic (exact) mass is 533 g/mol. The summed E-state index contributed by atoms with van der Waals surface area (Å²) in [5.74, 6) is 1.71. The maximum absolute atomic E-state index is 12.2. The third kappa shape index (κ3) is 8.45. The number of benzene rings is 2. The zero-order valence-corrected chi connectivity index (χ0v) is 22.9. The van der Waals surface area contributed by atoms with Crippen molar-refractivity contribution >= 4 is 22.9 Å². The van der Waals surface area contributed by atoms with E-state index in [9.17, 15) is 4.79 Å². The molecule has 0 aliphatic carbocycles. The average Bonchev–Trinajstić information content (AvgIpc) is 3.40. The third-order valence-electron chi connectivity index (χ3n) is 6.94. The molecule has 0 atom stereocenters. The highest BCUT2D eigenvalue weighted by molar-refractivity contribution is 5.87. The molecule has 0 spiro atoms. The summed E-state index contributed by atoms with van der Waals surface area (Å²) in [6.07, 6.45) is 11.5. The Morgan fingerprint density at radius 2 is 1.92 bits per heavy atom. The lowest BCUT2D eigenvalue weighted by atomic mass is 9.89. The molecule has 1 saturated heterocycles. The summed E-state index contributed by atoms with van der Waals surface area (Å²) in [7, 11) is 3.22. The van der Waals surface area contributed by atoms with Gasteiger partial charge < -0.3 is 34.1 Å².